The fraction of sp³-hybridized carbons (Fsp3) is 0.941. The van der Waals surface area contributed by atoms with Crippen LogP contribution < -0.4 is 5.32 Å². The summed E-state index contributed by atoms with van der Waals surface area (Å²) in [5.41, 5.74) is 0. The number of carbonyl (C=O) groups excluding carboxylic acids is 1. The second-order valence-corrected chi connectivity index (χ2v) is 7.36. The summed E-state index contributed by atoms with van der Waals surface area (Å²) >= 11 is 0. The number of ether oxygens (including phenoxy) is 1. The van der Waals surface area contributed by atoms with Crippen LogP contribution in [0.3, 0.4) is 0 Å². The summed E-state index contributed by atoms with van der Waals surface area (Å²) in [6.07, 6.45) is 5.66. The Morgan fingerprint density at radius 1 is 1.13 bits per heavy atom. The highest BCUT2D eigenvalue weighted by atomic mass is 19.3. The molecule has 3 fully saturated rings. The van der Waals surface area contributed by atoms with Gasteiger partial charge in [0, 0.05) is 39.1 Å². The smallest absolute Gasteiger partial charge is 0.317 e. The van der Waals surface area contributed by atoms with Crippen molar-refractivity contribution in [3.63, 3.8) is 0 Å². The first-order valence-corrected chi connectivity index (χ1v) is 9.06. The maximum atomic E-state index is 13.1. The number of nitrogens with zero attached hydrogens (tertiary/aromatic N) is 1. The Balaban J connectivity index is 1.35. The standard InChI is InChI=1S/C17H28F2N2O2/c18-17(19)7-3-13(4-8-17)12-20-16(22)21-9-5-14(6-10-21)15-2-1-11-23-15/h13-15H,1-12H2,(H,20,22). The Morgan fingerprint density at radius 2 is 1.83 bits per heavy atom. The lowest BCUT2D eigenvalue weighted by molar-refractivity contribution is -0.0452. The first-order valence-electron chi connectivity index (χ1n) is 9.06. The average molecular weight is 330 g/mol. The normalized spacial score (nSPS) is 29.7. The van der Waals surface area contributed by atoms with Crippen LogP contribution >= 0.6 is 0 Å². The number of alkyl halides is 2. The van der Waals surface area contributed by atoms with E-state index in [2.05, 4.69) is 5.32 Å². The van der Waals surface area contributed by atoms with E-state index in [1.54, 1.807) is 0 Å². The van der Waals surface area contributed by atoms with Crippen LogP contribution in [0.1, 0.15) is 51.4 Å². The van der Waals surface area contributed by atoms with E-state index in [0.29, 0.717) is 31.4 Å². The zero-order valence-electron chi connectivity index (χ0n) is 13.7. The third-order valence-electron chi connectivity index (χ3n) is 5.70. The van der Waals surface area contributed by atoms with E-state index in [4.69, 9.17) is 4.74 Å². The quantitative estimate of drug-likeness (QED) is 0.861. The number of likely N-dealkylation sites (tertiary alicyclic amines) is 1. The molecule has 0 aromatic rings. The molecule has 3 rings (SSSR count). The first-order chi connectivity index (χ1) is 11.0. The Labute approximate surface area is 136 Å². The average Bonchev–Trinajstić information content (AvgIpc) is 3.08. The topological polar surface area (TPSA) is 41.6 Å². The van der Waals surface area contributed by atoms with Gasteiger partial charge in [-0.15, -0.1) is 0 Å². The van der Waals surface area contributed by atoms with E-state index in [1.807, 2.05) is 4.90 Å². The van der Waals surface area contributed by atoms with Crippen LogP contribution in [0.25, 0.3) is 0 Å². The zero-order valence-corrected chi connectivity index (χ0v) is 13.7. The first kappa shape index (κ1) is 16.9. The minimum atomic E-state index is -2.50. The predicted molar refractivity (Wildman–Crippen MR) is 83.6 cm³/mol. The van der Waals surface area contributed by atoms with Gasteiger partial charge in [-0.1, -0.05) is 0 Å². The summed E-state index contributed by atoms with van der Waals surface area (Å²) in [4.78, 5) is 14.1. The fourth-order valence-corrected chi connectivity index (χ4v) is 4.10. The third-order valence-corrected chi connectivity index (χ3v) is 5.70. The number of hydrogen-bond acceptors (Lipinski definition) is 2. The second kappa shape index (κ2) is 7.32. The number of nitrogens with one attached hydrogen (secondary N) is 1. The van der Waals surface area contributed by atoms with Gasteiger partial charge in [0.1, 0.15) is 0 Å². The van der Waals surface area contributed by atoms with Gasteiger partial charge in [0.2, 0.25) is 5.92 Å². The van der Waals surface area contributed by atoms with Crippen LogP contribution in [0.4, 0.5) is 13.6 Å². The lowest BCUT2D eigenvalue weighted by Crippen LogP contribution is -2.47. The molecule has 3 aliphatic rings. The molecule has 2 heterocycles. The molecule has 1 saturated carbocycles. The SMILES string of the molecule is O=C(NCC1CCC(F)(F)CC1)N1CCC(C2CCCO2)CC1. The lowest BCUT2D eigenvalue weighted by Gasteiger charge is -2.35. The number of rotatable bonds is 3. The third kappa shape index (κ3) is 4.55. The highest BCUT2D eigenvalue weighted by molar-refractivity contribution is 5.74. The van der Waals surface area contributed by atoms with Gasteiger partial charge in [-0.05, 0) is 50.4 Å². The number of piperidine rings is 1. The van der Waals surface area contributed by atoms with Crippen LogP contribution in [0, 0.1) is 11.8 Å². The molecule has 4 nitrogen and oxygen atoms in total. The largest absolute Gasteiger partial charge is 0.378 e. The predicted octanol–water partition coefficient (Wildman–Crippen LogP) is 3.41. The van der Waals surface area contributed by atoms with E-state index in [1.165, 1.54) is 0 Å². The molecule has 132 valence electrons. The maximum Gasteiger partial charge on any atom is 0.317 e. The minimum absolute atomic E-state index is 0.0341. The molecule has 0 radical (unpaired) electrons. The molecule has 2 aliphatic heterocycles. The van der Waals surface area contributed by atoms with Gasteiger partial charge in [0.25, 0.3) is 0 Å². The van der Waals surface area contributed by atoms with Gasteiger partial charge in [0.15, 0.2) is 0 Å². The highest BCUT2D eigenvalue weighted by Gasteiger charge is 2.35. The van der Waals surface area contributed by atoms with Gasteiger partial charge in [-0.3, -0.25) is 0 Å². The monoisotopic (exact) mass is 330 g/mol. The van der Waals surface area contributed by atoms with E-state index >= 15 is 0 Å². The van der Waals surface area contributed by atoms with Crippen LogP contribution in [0.15, 0.2) is 0 Å². The van der Waals surface area contributed by atoms with Crippen molar-refractivity contribution in [2.75, 3.05) is 26.2 Å². The molecule has 1 N–H and O–H groups in total. The number of carbonyl (C=O) groups is 1. The summed E-state index contributed by atoms with van der Waals surface area (Å²) in [6, 6.07) is -0.0341. The number of urea groups is 1. The maximum absolute atomic E-state index is 13.1. The summed E-state index contributed by atoms with van der Waals surface area (Å²) in [5.74, 6) is -1.71. The van der Waals surface area contributed by atoms with E-state index in [-0.39, 0.29) is 24.8 Å². The van der Waals surface area contributed by atoms with Gasteiger partial charge in [-0.25, -0.2) is 13.6 Å². The summed E-state index contributed by atoms with van der Waals surface area (Å²) in [6.45, 7) is 2.96. The van der Waals surface area contributed by atoms with Gasteiger partial charge >= 0.3 is 6.03 Å². The van der Waals surface area contributed by atoms with Crippen molar-refractivity contribution in [1.82, 2.24) is 10.2 Å². The minimum Gasteiger partial charge on any atom is -0.378 e. The van der Waals surface area contributed by atoms with E-state index in [0.717, 1.165) is 45.4 Å². The Kier molecular flexibility index (Phi) is 5.39. The van der Waals surface area contributed by atoms with Crippen molar-refractivity contribution in [2.24, 2.45) is 11.8 Å². The summed E-state index contributed by atoms with van der Waals surface area (Å²) in [7, 11) is 0. The zero-order chi connectivity index (χ0) is 16.3. The fourth-order valence-electron chi connectivity index (χ4n) is 4.10. The Morgan fingerprint density at radius 3 is 2.43 bits per heavy atom. The summed E-state index contributed by atoms with van der Waals surface area (Å²) < 4.78 is 32.0. The molecular weight excluding hydrogens is 302 g/mol. The van der Waals surface area contributed by atoms with Crippen molar-refractivity contribution in [3.05, 3.63) is 0 Å². The lowest BCUT2D eigenvalue weighted by atomic mass is 9.87. The van der Waals surface area contributed by atoms with Crippen LogP contribution in [0.5, 0.6) is 0 Å². The van der Waals surface area contributed by atoms with Crippen molar-refractivity contribution in [1.29, 1.82) is 0 Å². The van der Waals surface area contributed by atoms with Crippen LogP contribution in [-0.2, 0) is 4.74 Å². The van der Waals surface area contributed by atoms with Crippen molar-refractivity contribution in [3.8, 4) is 0 Å². The second-order valence-electron chi connectivity index (χ2n) is 7.36. The van der Waals surface area contributed by atoms with Gasteiger partial charge in [0.05, 0.1) is 6.10 Å². The molecule has 1 aliphatic carbocycles. The number of amides is 2. The molecule has 1 unspecified atom stereocenters. The van der Waals surface area contributed by atoms with Crippen LogP contribution in [0.2, 0.25) is 0 Å². The van der Waals surface area contributed by atoms with Gasteiger partial charge < -0.3 is 15.0 Å². The molecule has 23 heavy (non-hydrogen) atoms. The number of hydrogen-bond donors (Lipinski definition) is 1. The van der Waals surface area contributed by atoms with E-state index < -0.39 is 5.92 Å². The summed E-state index contributed by atoms with van der Waals surface area (Å²) in [5, 5.41) is 2.94. The van der Waals surface area contributed by atoms with Crippen molar-refractivity contribution >= 4 is 6.03 Å². The molecule has 0 aromatic carbocycles. The molecule has 0 spiro atoms. The van der Waals surface area contributed by atoms with Crippen molar-refractivity contribution < 1.29 is 18.3 Å². The Hall–Kier alpha value is -0.910. The Bertz CT molecular complexity index is 395. The van der Waals surface area contributed by atoms with Gasteiger partial charge in [-0.2, -0.15) is 0 Å². The molecule has 0 aromatic heterocycles. The van der Waals surface area contributed by atoms with Crippen LogP contribution in [-0.4, -0.2) is 49.2 Å². The highest BCUT2D eigenvalue weighted by Crippen LogP contribution is 2.35. The number of halogens is 2. The molecular formula is C17H28F2N2O2. The molecule has 6 heteroatoms. The molecule has 1 atom stereocenters. The molecule has 0 bridgehead atoms. The van der Waals surface area contributed by atoms with E-state index in [9.17, 15) is 13.6 Å². The molecule has 2 saturated heterocycles. The molecule has 2 amide bonds. The van der Waals surface area contributed by atoms with Crippen molar-refractivity contribution in [2.45, 2.75) is 63.4 Å².